The van der Waals surface area contributed by atoms with Crippen LogP contribution in [0.15, 0.2) is 0 Å². The second-order valence-electron chi connectivity index (χ2n) is 1.09. The molecule has 2 nitrogen and oxygen atoms in total. The summed E-state index contributed by atoms with van der Waals surface area (Å²) in [7, 11) is 0. The summed E-state index contributed by atoms with van der Waals surface area (Å²) in [6.45, 7) is 4.13. The Balaban J connectivity index is -0.000000125. The summed E-state index contributed by atoms with van der Waals surface area (Å²) in [5.41, 5.74) is 0. The van der Waals surface area contributed by atoms with Gasteiger partial charge < -0.3 is 6.74 Å². The third-order valence-corrected chi connectivity index (χ3v) is 0.426. The van der Waals surface area contributed by atoms with Crippen molar-refractivity contribution in [2.75, 3.05) is 6.54 Å². The monoisotopic (exact) mass is 127 g/mol. The molecule has 0 saturated carbocycles. The van der Waals surface area contributed by atoms with Gasteiger partial charge in [0.25, 0.3) is 0 Å². The smallest absolute Gasteiger partial charge is 1.00 e. The minimum Gasteiger partial charge on any atom is -1.00 e. The van der Waals surface area contributed by atoms with Crippen LogP contribution in [-0.2, 0) is 4.79 Å². The Morgan fingerprint density at radius 2 is 2.29 bits per heavy atom. The van der Waals surface area contributed by atoms with Crippen LogP contribution in [0, 0.1) is 0 Å². The summed E-state index contributed by atoms with van der Waals surface area (Å²) < 4.78 is 0. The van der Waals surface area contributed by atoms with Crippen molar-refractivity contribution in [1.82, 2.24) is 5.32 Å². The molecule has 1 N–H and O–H groups in total. The number of nitrogens with one attached hydrogen (secondary N) is 1. The van der Waals surface area contributed by atoms with Gasteiger partial charge >= 0.3 is 51.4 Å². The van der Waals surface area contributed by atoms with Crippen LogP contribution in [0.2, 0.25) is 0 Å². The molecule has 0 rings (SSSR count). The largest absolute Gasteiger partial charge is 1.00 e. The third-order valence-electron chi connectivity index (χ3n) is 0.426. The molecule has 3 heteroatoms. The molecule has 0 aromatic heterocycles. The molecule has 0 aliphatic heterocycles. The van der Waals surface area contributed by atoms with Crippen molar-refractivity contribution >= 4 is 5.91 Å². The van der Waals surface area contributed by atoms with E-state index in [1.165, 1.54) is 6.92 Å². The summed E-state index contributed by atoms with van der Waals surface area (Å²) in [5, 5.41) is 2.57. The maximum absolute atomic E-state index is 9.93. The number of amides is 1. The van der Waals surface area contributed by atoms with Gasteiger partial charge in [-0.2, -0.15) is 0 Å². The van der Waals surface area contributed by atoms with Crippen molar-refractivity contribution < 1.29 is 57.6 Å². The van der Waals surface area contributed by atoms with Gasteiger partial charge in [0.1, 0.15) is 0 Å². The van der Waals surface area contributed by atoms with Gasteiger partial charge in [0.05, 0.1) is 0 Å². The van der Waals surface area contributed by atoms with E-state index in [9.17, 15) is 4.79 Å². The van der Waals surface area contributed by atoms with Gasteiger partial charge in [-0.3, -0.25) is 4.79 Å². The Bertz CT molecular complexity index is 60.0. The molecule has 0 fully saturated rings. The number of hydrogen-bond acceptors (Lipinski definition) is 1. The van der Waals surface area contributed by atoms with Crippen molar-refractivity contribution in [3.8, 4) is 0 Å². The molecular weight excluding hydrogens is 117 g/mol. The minimum atomic E-state index is 0. The van der Waals surface area contributed by atoms with Crippen LogP contribution < -0.4 is 56.7 Å². The Morgan fingerprint density at radius 1 is 1.86 bits per heavy atom. The second-order valence-corrected chi connectivity index (χ2v) is 1.09. The molecule has 0 aliphatic carbocycles. The maximum atomic E-state index is 9.93. The Kier molecular flexibility index (Phi) is 11.1. The summed E-state index contributed by atoms with van der Waals surface area (Å²) >= 11 is 0. The average Bonchev–Trinajstić information content (AvgIpc) is 1.35. The summed E-state index contributed by atoms with van der Waals surface area (Å²) in [5.74, 6) is 0.0394. The first-order chi connectivity index (χ1) is 2.77. The van der Waals surface area contributed by atoms with Crippen LogP contribution >= 0.6 is 0 Å². The van der Waals surface area contributed by atoms with Crippen LogP contribution in [0.1, 0.15) is 15.3 Å². The molecular formula is C4H10KNO. The van der Waals surface area contributed by atoms with Crippen LogP contribution in [-0.4, -0.2) is 12.5 Å². The van der Waals surface area contributed by atoms with Crippen molar-refractivity contribution in [2.45, 2.75) is 13.8 Å². The maximum Gasteiger partial charge on any atom is 1.00 e. The molecule has 0 aromatic rings. The topological polar surface area (TPSA) is 29.1 Å². The Morgan fingerprint density at radius 3 is 2.29 bits per heavy atom. The van der Waals surface area contributed by atoms with Crippen molar-refractivity contribution in [2.24, 2.45) is 0 Å². The van der Waals surface area contributed by atoms with Gasteiger partial charge in [-0.25, -0.2) is 0 Å². The molecule has 0 aromatic carbocycles. The molecule has 0 aliphatic rings. The molecule has 0 bridgehead atoms. The van der Waals surface area contributed by atoms with E-state index in [1.807, 2.05) is 6.92 Å². The van der Waals surface area contributed by atoms with Crippen molar-refractivity contribution in [3.05, 3.63) is 0 Å². The van der Waals surface area contributed by atoms with Crippen LogP contribution in [0.25, 0.3) is 0 Å². The Labute approximate surface area is 88.0 Å². The van der Waals surface area contributed by atoms with Gasteiger partial charge in [-0.05, 0) is 6.92 Å². The molecule has 0 saturated heterocycles. The first kappa shape index (κ1) is 11.0. The van der Waals surface area contributed by atoms with Gasteiger partial charge in [0.15, 0.2) is 0 Å². The number of carbonyl (C=O) groups excluding carboxylic acids is 1. The van der Waals surface area contributed by atoms with E-state index in [2.05, 4.69) is 5.32 Å². The summed E-state index contributed by atoms with van der Waals surface area (Å²) in [4.78, 5) is 9.93. The van der Waals surface area contributed by atoms with Crippen molar-refractivity contribution in [3.63, 3.8) is 0 Å². The quantitative estimate of drug-likeness (QED) is 0.380. The molecule has 7 heavy (non-hydrogen) atoms. The fourth-order valence-corrected chi connectivity index (χ4v) is 0.249. The molecule has 0 atom stereocenters. The second kappa shape index (κ2) is 7.11. The first-order valence-electron chi connectivity index (χ1n) is 2.01. The zero-order chi connectivity index (χ0) is 4.99. The van der Waals surface area contributed by atoms with E-state index in [4.69, 9.17) is 0 Å². The number of carbonyl (C=O) groups is 1. The Hall–Kier alpha value is 1.11. The zero-order valence-corrected chi connectivity index (χ0v) is 8.24. The van der Waals surface area contributed by atoms with Gasteiger partial charge in [-0.15, -0.1) is 0 Å². The van der Waals surface area contributed by atoms with Crippen LogP contribution in [0.3, 0.4) is 0 Å². The van der Waals surface area contributed by atoms with Gasteiger partial charge in [0, 0.05) is 13.5 Å². The first-order valence-corrected chi connectivity index (χ1v) is 2.01. The molecule has 38 valence electrons. The SMILES string of the molecule is CCNC(C)=O.[H-].[K+]. The van der Waals surface area contributed by atoms with Crippen LogP contribution in [0.4, 0.5) is 0 Å². The average molecular weight is 127 g/mol. The third kappa shape index (κ3) is 11.0. The predicted molar refractivity (Wildman–Crippen MR) is 25.5 cm³/mol. The molecule has 0 spiro atoms. The predicted octanol–water partition coefficient (Wildman–Crippen LogP) is -2.74. The number of hydrogen-bond donors (Lipinski definition) is 1. The van der Waals surface area contributed by atoms with E-state index < -0.39 is 0 Å². The number of rotatable bonds is 1. The molecule has 1 amide bonds. The standard InChI is InChI=1S/C4H9NO.K.H/c1-3-5-4(2)6;;/h3H2,1-2H3,(H,5,6);;/q;+1;-1. The molecule has 0 radical (unpaired) electrons. The van der Waals surface area contributed by atoms with Crippen LogP contribution in [0.5, 0.6) is 0 Å². The summed E-state index contributed by atoms with van der Waals surface area (Å²) in [6.07, 6.45) is 0. The van der Waals surface area contributed by atoms with Gasteiger partial charge in [-0.1, -0.05) is 0 Å². The van der Waals surface area contributed by atoms with E-state index >= 15 is 0 Å². The zero-order valence-electron chi connectivity index (χ0n) is 6.12. The minimum absolute atomic E-state index is 0. The fourth-order valence-electron chi connectivity index (χ4n) is 0.249. The van der Waals surface area contributed by atoms with Gasteiger partial charge in [0.2, 0.25) is 5.91 Å². The fraction of sp³-hybridized carbons (Fsp3) is 0.750. The van der Waals surface area contributed by atoms with E-state index in [1.54, 1.807) is 0 Å². The molecule has 0 unspecified atom stereocenters. The molecule has 0 heterocycles. The summed E-state index contributed by atoms with van der Waals surface area (Å²) in [6, 6.07) is 0. The van der Waals surface area contributed by atoms with E-state index in [0.717, 1.165) is 6.54 Å². The normalized spacial score (nSPS) is 6.57. The van der Waals surface area contributed by atoms with E-state index in [0.29, 0.717) is 0 Å². The van der Waals surface area contributed by atoms with Crippen molar-refractivity contribution in [1.29, 1.82) is 0 Å². The van der Waals surface area contributed by atoms with E-state index in [-0.39, 0.29) is 58.7 Å².